The first-order chi connectivity index (χ1) is 15.1. The molecule has 31 heavy (non-hydrogen) atoms. The van der Waals surface area contributed by atoms with Crippen LogP contribution in [0.15, 0.2) is 121 Å². The molecule has 4 rings (SSSR count). The van der Waals surface area contributed by atoms with Crippen molar-refractivity contribution >= 4 is 56.1 Å². The molecule has 0 nitrogen and oxygen atoms in total. The first-order valence-corrected chi connectivity index (χ1v) is 17.3. The second-order valence-corrected chi connectivity index (χ2v) is 19.6. The molecule has 0 aliphatic carbocycles. The third kappa shape index (κ3) is 5.00. The topological polar surface area (TPSA) is 0 Å². The summed E-state index contributed by atoms with van der Waals surface area (Å²) < 4.78 is -0.273. The van der Waals surface area contributed by atoms with E-state index in [1.165, 1.54) is 21.2 Å². The average Bonchev–Trinajstić information content (AvgIpc) is 2.82. The Hall–Kier alpha value is -1.02. The fourth-order valence-electron chi connectivity index (χ4n) is 3.72. The summed E-state index contributed by atoms with van der Waals surface area (Å²) in [6.07, 6.45) is 0. The van der Waals surface area contributed by atoms with Crippen molar-refractivity contribution < 1.29 is 14.7 Å². The normalized spacial score (nSPS) is 12.2. The van der Waals surface area contributed by atoms with Gasteiger partial charge in [0.25, 0.3) is 0 Å². The van der Waals surface area contributed by atoms with Crippen LogP contribution in [0.25, 0.3) is 0 Å². The molecule has 4 aromatic carbocycles. The van der Waals surface area contributed by atoms with Gasteiger partial charge in [-0.1, -0.05) is 0 Å². The summed E-state index contributed by atoms with van der Waals surface area (Å²) in [5.41, 5.74) is 0. The zero-order valence-electron chi connectivity index (χ0n) is 17.0. The molecule has 0 aromatic heterocycles. The van der Waals surface area contributed by atoms with Crippen LogP contribution < -0.4 is 21.2 Å². The van der Waals surface area contributed by atoms with Gasteiger partial charge in [-0.05, 0) is 0 Å². The molecule has 0 unspecified atom stereocenters. The molecule has 0 bridgehead atoms. The van der Waals surface area contributed by atoms with Gasteiger partial charge in [0.2, 0.25) is 0 Å². The summed E-state index contributed by atoms with van der Waals surface area (Å²) in [6.45, 7) is 2.34. The molecule has 0 aliphatic heterocycles. The minimum absolute atomic E-state index is 0.273. The van der Waals surface area contributed by atoms with Gasteiger partial charge in [-0.3, -0.25) is 0 Å². The summed E-state index contributed by atoms with van der Waals surface area (Å²) in [4.78, 5) is 0. The number of benzene rings is 4. The van der Waals surface area contributed by atoms with E-state index in [0.29, 0.717) is 0 Å². The minimum atomic E-state index is -1.93. The summed E-state index contributed by atoms with van der Waals surface area (Å²) in [6, 6.07) is 43.2. The van der Waals surface area contributed by atoms with Gasteiger partial charge in [-0.25, -0.2) is 0 Å². The van der Waals surface area contributed by atoms with Crippen LogP contribution in [-0.4, -0.2) is 3.37 Å². The Morgan fingerprint density at radius 2 is 0.710 bits per heavy atom. The Morgan fingerprint density at radius 3 is 0.903 bits per heavy atom. The molecule has 0 radical (unpaired) electrons. The molecule has 0 heterocycles. The van der Waals surface area contributed by atoms with Gasteiger partial charge in [0.15, 0.2) is 0 Å². The zero-order valence-corrected chi connectivity index (χ0v) is 21.9. The summed E-state index contributed by atoms with van der Waals surface area (Å²) in [7, 11) is 12.6. The Bertz CT molecular complexity index is 915. The number of hydrogen-bond acceptors (Lipinski definition) is 0. The molecule has 0 saturated carbocycles. The van der Waals surface area contributed by atoms with Crippen LogP contribution in [-0.2, 0) is 14.7 Å². The number of rotatable bonds is 7. The second-order valence-electron chi connectivity index (χ2n) is 7.02. The standard InChI is InChI=1S/C26H23P2.2ClH.Pd/c1-22(27(23-14-6-2-7-15-23)24-16-8-3-9-17-24)28(25-18-10-4-11-19-25)26-20-12-5-13-21-26;;;/h2-21H,1H3;2*1H;/q;;;+2/p-2. The SMILES string of the molecule is C[C](P(c1ccccc1)c1ccccc1)(P(c1ccccc1)c1ccccc1)[Pd]([Cl])[Cl]. The van der Waals surface area contributed by atoms with Gasteiger partial charge in [-0.2, -0.15) is 0 Å². The van der Waals surface area contributed by atoms with Crippen molar-refractivity contribution in [3.8, 4) is 0 Å². The molecule has 4 aromatic rings. The third-order valence-corrected chi connectivity index (χ3v) is 20.8. The van der Waals surface area contributed by atoms with E-state index in [0.717, 1.165) is 0 Å². The first kappa shape index (κ1) is 23.2. The van der Waals surface area contributed by atoms with Crippen LogP contribution in [0.5, 0.6) is 0 Å². The summed E-state index contributed by atoms with van der Waals surface area (Å²) >= 11 is -1.93. The molecule has 0 fully saturated rings. The predicted molar refractivity (Wildman–Crippen MR) is 138 cm³/mol. The Balaban J connectivity index is 2.00. The van der Waals surface area contributed by atoms with Crippen LogP contribution in [0.3, 0.4) is 0 Å². The van der Waals surface area contributed by atoms with Crippen LogP contribution >= 0.6 is 34.9 Å². The Morgan fingerprint density at radius 1 is 0.484 bits per heavy atom. The maximum absolute atomic E-state index is 7.09. The van der Waals surface area contributed by atoms with E-state index in [-0.39, 0.29) is 3.37 Å². The average molecular weight is 575 g/mol. The van der Waals surface area contributed by atoms with E-state index in [4.69, 9.17) is 19.1 Å². The van der Waals surface area contributed by atoms with Gasteiger partial charge >= 0.3 is 202 Å². The van der Waals surface area contributed by atoms with Crippen molar-refractivity contribution in [3.05, 3.63) is 121 Å². The van der Waals surface area contributed by atoms with Gasteiger partial charge in [0.05, 0.1) is 0 Å². The van der Waals surface area contributed by atoms with Gasteiger partial charge in [0, 0.05) is 0 Å². The molecular weight excluding hydrogens is 552 g/mol. The van der Waals surface area contributed by atoms with E-state index >= 15 is 0 Å². The Kier molecular flexibility index (Phi) is 8.02. The molecule has 0 saturated heterocycles. The van der Waals surface area contributed by atoms with Crippen molar-refractivity contribution in [1.82, 2.24) is 0 Å². The van der Waals surface area contributed by atoms with E-state index in [9.17, 15) is 0 Å². The molecular formula is C26H23Cl2P2Pd. The van der Waals surface area contributed by atoms with E-state index in [1.807, 2.05) is 0 Å². The molecule has 0 N–H and O–H groups in total. The van der Waals surface area contributed by atoms with Crippen molar-refractivity contribution in [2.24, 2.45) is 0 Å². The van der Waals surface area contributed by atoms with Gasteiger partial charge in [0.1, 0.15) is 0 Å². The second kappa shape index (κ2) is 10.7. The number of halogens is 2. The van der Waals surface area contributed by atoms with E-state index in [2.05, 4.69) is 128 Å². The Labute approximate surface area is 201 Å². The van der Waals surface area contributed by atoms with Crippen molar-refractivity contribution in [2.75, 3.05) is 0 Å². The van der Waals surface area contributed by atoms with Crippen molar-refractivity contribution in [2.45, 2.75) is 10.3 Å². The van der Waals surface area contributed by atoms with Crippen LogP contribution in [0.2, 0.25) is 0 Å². The van der Waals surface area contributed by atoms with Crippen LogP contribution in [0.4, 0.5) is 0 Å². The quantitative estimate of drug-likeness (QED) is 0.167. The number of hydrogen-bond donors (Lipinski definition) is 0. The third-order valence-electron chi connectivity index (χ3n) is 5.07. The molecule has 0 atom stereocenters. The van der Waals surface area contributed by atoms with Crippen LogP contribution in [0.1, 0.15) is 6.92 Å². The zero-order chi connectivity index (χ0) is 21.7. The van der Waals surface area contributed by atoms with E-state index < -0.39 is 30.6 Å². The monoisotopic (exact) mass is 573 g/mol. The fraction of sp³-hybridized carbons (Fsp3) is 0.0769. The fourth-order valence-corrected chi connectivity index (χ4v) is 18.2. The molecule has 0 aliphatic rings. The van der Waals surface area contributed by atoms with Crippen molar-refractivity contribution in [3.63, 3.8) is 0 Å². The molecule has 0 spiro atoms. The van der Waals surface area contributed by atoms with Crippen LogP contribution in [0, 0.1) is 0 Å². The van der Waals surface area contributed by atoms with Crippen molar-refractivity contribution in [1.29, 1.82) is 0 Å². The maximum atomic E-state index is 7.09. The molecule has 0 amide bonds. The van der Waals surface area contributed by atoms with E-state index in [1.54, 1.807) is 0 Å². The van der Waals surface area contributed by atoms with Gasteiger partial charge in [-0.15, -0.1) is 0 Å². The molecule has 5 heteroatoms. The molecule has 161 valence electrons. The first-order valence-electron chi connectivity index (χ1n) is 9.88. The predicted octanol–water partition coefficient (Wildman–Crippen LogP) is 6.85. The van der Waals surface area contributed by atoms with Gasteiger partial charge < -0.3 is 0 Å². The summed E-state index contributed by atoms with van der Waals surface area (Å²) in [5, 5.41) is 5.27. The summed E-state index contributed by atoms with van der Waals surface area (Å²) in [5.74, 6) is 0.